The quantitative estimate of drug-likeness (QED) is 0.717. The highest BCUT2D eigenvalue weighted by Gasteiger charge is 2.21. The van der Waals surface area contributed by atoms with Gasteiger partial charge in [0.25, 0.3) is 0 Å². The average Bonchev–Trinajstić information content (AvgIpc) is 2.20. The van der Waals surface area contributed by atoms with E-state index in [-0.39, 0.29) is 5.78 Å². The Morgan fingerprint density at radius 2 is 2.36 bits per heavy atom. The van der Waals surface area contributed by atoms with Gasteiger partial charge in [-0.25, -0.2) is 0 Å². The summed E-state index contributed by atoms with van der Waals surface area (Å²) in [5.41, 5.74) is 1.60. The number of pyridine rings is 1. The zero-order valence-corrected chi connectivity index (χ0v) is 8.25. The van der Waals surface area contributed by atoms with Gasteiger partial charge in [0.1, 0.15) is 11.4 Å². The van der Waals surface area contributed by atoms with Gasteiger partial charge in [-0.15, -0.1) is 0 Å². The molecule has 1 aliphatic carbocycles. The Morgan fingerprint density at radius 3 is 3.14 bits per heavy atom. The summed E-state index contributed by atoms with van der Waals surface area (Å²) in [4.78, 5) is 15.6. The molecule has 3 heteroatoms. The van der Waals surface area contributed by atoms with Gasteiger partial charge in [0.05, 0.1) is 6.61 Å². The number of nitrogens with zero attached hydrogens (tertiary/aromatic N) is 1. The molecule has 14 heavy (non-hydrogen) atoms. The lowest BCUT2D eigenvalue weighted by Gasteiger charge is -2.16. The fraction of sp³-hybridized carbons (Fsp3) is 0.455. The molecule has 1 aromatic rings. The zero-order chi connectivity index (χ0) is 9.97. The highest BCUT2D eigenvalue weighted by atomic mass is 16.5. The van der Waals surface area contributed by atoms with Crippen molar-refractivity contribution in [1.29, 1.82) is 0 Å². The number of fused-ring (bicyclic) bond motifs is 1. The topological polar surface area (TPSA) is 39.2 Å². The van der Waals surface area contributed by atoms with Crippen LogP contribution in [-0.4, -0.2) is 17.4 Å². The summed E-state index contributed by atoms with van der Waals surface area (Å²) >= 11 is 0. The zero-order valence-electron chi connectivity index (χ0n) is 8.25. The normalized spacial score (nSPS) is 15.1. The van der Waals surface area contributed by atoms with Crippen molar-refractivity contribution in [2.75, 3.05) is 6.61 Å². The van der Waals surface area contributed by atoms with Crippen LogP contribution in [-0.2, 0) is 6.42 Å². The molecule has 1 aromatic heterocycles. The third-order valence-electron chi connectivity index (χ3n) is 2.41. The number of hydrogen-bond donors (Lipinski definition) is 0. The van der Waals surface area contributed by atoms with Gasteiger partial charge >= 0.3 is 0 Å². The van der Waals surface area contributed by atoms with E-state index in [1.54, 1.807) is 6.20 Å². The monoisotopic (exact) mass is 191 g/mol. The maximum absolute atomic E-state index is 11.5. The van der Waals surface area contributed by atoms with Gasteiger partial charge in [-0.05, 0) is 25.8 Å². The maximum Gasteiger partial charge on any atom is 0.181 e. The van der Waals surface area contributed by atoms with Crippen LogP contribution in [0.4, 0.5) is 0 Å². The van der Waals surface area contributed by atoms with Gasteiger partial charge in [0, 0.05) is 18.2 Å². The Labute approximate surface area is 83.1 Å². The average molecular weight is 191 g/mol. The lowest BCUT2D eigenvalue weighted by atomic mass is 9.94. The second-order valence-electron chi connectivity index (χ2n) is 3.35. The molecule has 0 saturated carbocycles. The van der Waals surface area contributed by atoms with E-state index in [0.717, 1.165) is 24.2 Å². The van der Waals surface area contributed by atoms with Crippen LogP contribution >= 0.6 is 0 Å². The van der Waals surface area contributed by atoms with Crippen molar-refractivity contribution in [2.45, 2.75) is 26.2 Å². The standard InChI is InChI=1S/C11H13NO2/c1-2-14-10-6-7-12-11-8(10)4-3-5-9(11)13/h6-7H,2-5H2,1H3. The molecule has 1 heterocycles. The van der Waals surface area contributed by atoms with Crippen LogP contribution in [0.25, 0.3) is 0 Å². The van der Waals surface area contributed by atoms with Crippen molar-refractivity contribution in [2.24, 2.45) is 0 Å². The first kappa shape index (κ1) is 9.19. The van der Waals surface area contributed by atoms with E-state index >= 15 is 0 Å². The first-order chi connectivity index (χ1) is 6.83. The van der Waals surface area contributed by atoms with Crippen LogP contribution in [0.3, 0.4) is 0 Å². The summed E-state index contributed by atoms with van der Waals surface area (Å²) in [6.45, 7) is 2.57. The fourth-order valence-electron chi connectivity index (χ4n) is 1.79. The molecule has 0 fully saturated rings. The molecule has 0 N–H and O–H groups in total. The molecule has 0 amide bonds. The third-order valence-corrected chi connectivity index (χ3v) is 2.41. The van der Waals surface area contributed by atoms with Crippen molar-refractivity contribution >= 4 is 5.78 Å². The molecule has 0 radical (unpaired) electrons. The predicted molar refractivity (Wildman–Crippen MR) is 52.7 cm³/mol. The summed E-state index contributed by atoms with van der Waals surface area (Å²) in [5, 5.41) is 0. The number of Topliss-reactive ketones (excluding diaryl/α,β-unsaturated/α-hetero) is 1. The molecular formula is C11H13NO2. The molecule has 3 nitrogen and oxygen atoms in total. The minimum Gasteiger partial charge on any atom is -0.493 e. The van der Waals surface area contributed by atoms with E-state index < -0.39 is 0 Å². The number of carbonyl (C=O) groups is 1. The fourth-order valence-corrected chi connectivity index (χ4v) is 1.79. The van der Waals surface area contributed by atoms with Crippen molar-refractivity contribution in [3.8, 4) is 5.75 Å². The van der Waals surface area contributed by atoms with E-state index in [4.69, 9.17) is 4.74 Å². The minimum atomic E-state index is 0.146. The summed E-state index contributed by atoms with van der Waals surface area (Å²) in [7, 11) is 0. The Balaban J connectivity index is 2.44. The SMILES string of the molecule is CCOc1ccnc2c1CCCC2=O. The van der Waals surface area contributed by atoms with Gasteiger partial charge in [-0.1, -0.05) is 0 Å². The Morgan fingerprint density at radius 1 is 1.50 bits per heavy atom. The molecule has 0 saturated heterocycles. The van der Waals surface area contributed by atoms with Crippen LogP contribution in [0.5, 0.6) is 5.75 Å². The van der Waals surface area contributed by atoms with Crippen LogP contribution in [0.15, 0.2) is 12.3 Å². The van der Waals surface area contributed by atoms with Crippen molar-refractivity contribution in [3.05, 3.63) is 23.5 Å². The largest absolute Gasteiger partial charge is 0.493 e. The second kappa shape index (κ2) is 3.78. The summed E-state index contributed by atoms with van der Waals surface area (Å²) in [6, 6.07) is 1.83. The molecule has 74 valence electrons. The Kier molecular flexibility index (Phi) is 2.48. The van der Waals surface area contributed by atoms with E-state index in [1.807, 2.05) is 13.0 Å². The van der Waals surface area contributed by atoms with E-state index in [2.05, 4.69) is 4.98 Å². The van der Waals surface area contributed by atoms with Crippen LogP contribution in [0.1, 0.15) is 35.8 Å². The molecule has 0 atom stereocenters. The maximum atomic E-state index is 11.5. The van der Waals surface area contributed by atoms with Crippen LogP contribution in [0.2, 0.25) is 0 Å². The minimum absolute atomic E-state index is 0.146. The van der Waals surface area contributed by atoms with Crippen LogP contribution in [0, 0.1) is 0 Å². The predicted octanol–water partition coefficient (Wildman–Crippen LogP) is 2.00. The van der Waals surface area contributed by atoms with Gasteiger partial charge in [0.15, 0.2) is 5.78 Å². The van der Waals surface area contributed by atoms with Gasteiger partial charge in [-0.3, -0.25) is 9.78 Å². The van der Waals surface area contributed by atoms with Crippen molar-refractivity contribution in [3.63, 3.8) is 0 Å². The Bertz CT molecular complexity index is 360. The number of ether oxygens (including phenoxy) is 1. The molecule has 0 spiro atoms. The van der Waals surface area contributed by atoms with E-state index in [1.165, 1.54) is 0 Å². The molecule has 0 unspecified atom stereocenters. The van der Waals surface area contributed by atoms with Crippen molar-refractivity contribution < 1.29 is 9.53 Å². The summed E-state index contributed by atoms with van der Waals surface area (Å²) in [6.07, 6.45) is 4.09. The number of ketones is 1. The van der Waals surface area contributed by atoms with Gasteiger partial charge in [0.2, 0.25) is 0 Å². The number of hydrogen-bond acceptors (Lipinski definition) is 3. The number of rotatable bonds is 2. The summed E-state index contributed by atoms with van der Waals surface area (Å²) in [5.74, 6) is 0.971. The number of carbonyl (C=O) groups excluding carboxylic acids is 1. The molecular weight excluding hydrogens is 178 g/mol. The van der Waals surface area contributed by atoms with Gasteiger partial charge < -0.3 is 4.74 Å². The Hall–Kier alpha value is -1.38. The molecule has 0 aliphatic heterocycles. The van der Waals surface area contributed by atoms with Crippen LogP contribution < -0.4 is 4.74 Å². The van der Waals surface area contributed by atoms with E-state index in [9.17, 15) is 4.79 Å². The van der Waals surface area contributed by atoms with Crippen molar-refractivity contribution in [1.82, 2.24) is 4.98 Å². The highest BCUT2D eigenvalue weighted by Crippen LogP contribution is 2.27. The van der Waals surface area contributed by atoms with E-state index in [0.29, 0.717) is 18.7 Å². The highest BCUT2D eigenvalue weighted by molar-refractivity contribution is 5.97. The second-order valence-corrected chi connectivity index (χ2v) is 3.35. The third kappa shape index (κ3) is 1.50. The molecule has 0 aromatic carbocycles. The smallest absolute Gasteiger partial charge is 0.181 e. The first-order valence-corrected chi connectivity index (χ1v) is 4.96. The molecule has 1 aliphatic rings. The molecule has 0 bridgehead atoms. The number of aromatic nitrogens is 1. The van der Waals surface area contributed by atoms with Gasteiger partial charge in [-0.2, -0.15) is 0 Å². The molecule has 2 rings (SSSR count). The lowest BCUT2D eigenvalue weighted by Crippen LogP contribution is -2.14. The lowest BCUT2D eigenvalue weighted by molar-refractivity contribution is 0.0966. The first-order valence-electron chi connectivity index (χ1n) is 4.96. The summed E-state index contributed by atoms with van der Waals surface area (Å²) < 4.78 is 5.46.